The number of nitrogens with zero attached hydrogens (tertiary/aromatic N) is 1. The third kappa shape index (κ3) is 4.21. The highest BCUT2D eigenvalue weighted by Crippen LogP contribution is 2.14. The molecule has 0 atom stereocenters. The molecule has 1 aromatic rings. The van der Waals surface area contributed by atoms with Crippen molar-refractivity contribution in [3.05, 3.63) is 24.0 Å². The normalized spacial score (nSPS) is 16.1. The summed E-state index contributed by atoms with van der Waals surface area (Å²) in [6.45, 7) is 5.69. The van der Waals surface area contributed by atoms with Crippen LogP contribution in [0.1, 0.15) is 30.3 Å². The molecule has 104 valence electrons. The molecule has 1 saturated heterocycles. The Morgan fingerprint density at radius 3 is 3.00 bits per heavy atom. The van der Waals surface area contributed by atoms with E-state index in [1.807, 2.05) is 19.1 Å². The van der Waals surface area contributed by atoms with Gasteiger partial charge in [-0.3, -0.25) is 9.78 Å². The summed E-state index contributed by atoms with van der Waals surface area (Å²) in [5.41, 5.74) is 1.44. The van der Waals surface area contributed by atoms with E-state index in [-0.39, 0.29) is 5.91 Å². The zero-order valence-corrected chi connectivity index (χ0v) is 11.4. The first-order valence-electron chi connectivity index (χ1n) is 6.98. The summed E-state index contributed by atoms with van der Waals surface area (Å²) < 4.78 is 0. The molecule has 5 nitrogen and oxygen atoms in total. The van der Waals surface area contributed by atoms with E-state index in [9.17, 15) is 4.79 Å². The van der Waals surface area contributed by atoms with Crippen LogP contribution in [0.2, 0.25) is 0 Å². The lowest BCUT2D eigenvalue weighted by atomic mass is 9.98. The summed E-state index contributed by atoms with van der Waals surface area (Å²) in [5.74, 6) is 0.593. The van der Waals surface area contributed by atoms with Crippen molar-refractivity contribution in [3.8, 4) is 0 Å². The second kappa shape index (κ2) is 7.09. The maximum Gasteiger partial charge on any atom is 0.269 e. The van der Waals surface area contributed by atoms with Crippen molar-refractivity contribution in [2.45, 2.75) is 19.8 Å². The molecular weight excluding hydrogens is 240 g/mol. The molecule has 19 heavy (non-hydrogen) atoms. The molecule has 0 radical (unpaired) electrons. The van der Waals surface area contributed by atoms with Gasteiger partial charge in [0, 0.05) is 25.0 Å². The summed E-state index contributed by atoms with van der Waals surface area (Å²) in [6, 6.07) is 3.72. The summed E-state index contributed by atoms with van der Waals surface area (Å²) >= 11 is 0. The minimum absolute atomic E-state index is 0.118. The highest BCUT2D eigenvalue weighted by Gasteiger charge is 2.13. The second-order valence-electron chi connectivity index (χ2n) is 4.86. The average molecular weight is 262 g/mol. The number of carbonyl (C=O) groups is 1. The van der Waals surface area contributed by atoms with Crippen LogP contribution < -0.4 is 16.0 Å². The van der Waals surface area contributed by atoms with E-state index in [4.69, 9.17) is 0 Å². The van der Waals surface area contributed by atoms with Gasteiger partial charge in [0.1, 0.15) is 5.69 Å². The summed E-state index contributed by atoms with van der Waals surface area (Å²) in [7, 11) is 0. The SMILES string of the molecule is CCNC(=O)c1cc(NCC2CCNCC2)ccn1. The van der Waals surface area contributed by atoms with E-state index in [1.165, 1.54) is 12.8 Å². The van der Waals surface area contributed by atoms with Gasteiger partial charge in [-0.1, -0.05) is 0 Å². The maximum absolute atomic E-state index is 11.7. The van der Waals surface area contributed by atoms with Gasteiger partial charge in [0.2, 0.25) is 0 Å². The number of anilines is 1. The fraction of sp³-hybridized carbons (Fsp3) is 0.571. The van der Waals surface area contributed by atoms with Gasteiger partial charge < -0.3 is 16.0 Å². The predicted molar refractivity (Wildman–Crippen MR) is 76.3 cm³/mol. The van der Waals surface area contributed by atoms with Crippen LogP contribution in [-0.2, 0) is 0 Å². The Kier molecular flexibility index (Phi) is 5.15. The van der Waals surface area contributed by atoms with E-state index in [2.05, 4.69) is 20.9 Å². The van der Waals surface area contributed by atoms with Gasteiger partial charge in [0.15, 0.2) is 0 Å². The number of hydrogen-bond acceptors (Lipinski definition) is 4. The standard InChI is InChI=1S/C14H22N4O/c1-2-16-14(19)13-9-12(5-8-17-13)18-10-11-3-6-15-7-4-11/h5,8-9,11,15H,2-4,6-7,10H2,1H3,(H,16,19)(H,17,18). The molecule has 1 aliphatic rings. The highest BCUT2D eigenvalue weighted by atomic mass is 16.1. The molecule has 0 aliphatic carbocycles. The number of hydrogen-bond donors (Lipinski definition) is 3. The van der Waals surface area contributed by atoms with Crippen LogP contribution in [0.3, 0.4) is 0 Å². The molecule has 0 aromatic carbocycles. The predicted octanol–water partition coefficient (Wildman–Crippen LogP) is 1.24. The molecule has 0 spiro atoms. The molecule has 0 unspecified atom stereocenters. The number of piperidine rings is 1. The Morgan fingerprint density at radius 1 is 1.47 bits per heavy atom. The molecule has 0 saturated carbocycles. The van der Waals surface area contributed by atoms with Crippen LogP contribution in [-0.4, -0.2) is 37.1 Å². The number of amides is 1. The Bertz CT molecular complexity index is 416. The van der Waals surface area contributed by atoms with Crippen LogP contribution in [0.4, 0.5) is 5.69 Å². The maximum atomic E-state index is 11.7. The van der Waals surface area contributed by atoms with Crippen LogP contribution >= 0.6 is 0 Å². The number of aromatic nitrogens is 1. The van der Waals surface area contributed by atoms with Crippen molar-refractivity contribution in [2.75, 3.05) is 31.5 Å². The van der Waals surface area contributed by atoms with Gasteiger partial charge in [0.25, 0.3) is 5.91 Å². The third-order valence-electron chi connectivity index (χ3n) is 3.38. The first kappa shape index (κ1) is 13.8. The summed E-state index contributed by atoms with van der Waals surface area (Å²) in [6.07, 6.45) is 4.10. The van der Waals surface area contributed by atoms with Crippen LogP contribution in [0.15, 0.2) is 18.3 Å². The number of carbonyl (C=O) groups excluding carboxylic acids is 1. The van der Waals surface area contributed by atoms with Gasteiger partial charge in [-0.2, -0.15) is 0 Å². The minimum atomic E-state index is -0.118. The molecule has 2 heterocycles. The van der Waals surface area contributed by atoms with Crippen molar-refractivity contribution in [3.63, 3.8) is 0 Å². The summed E-state index contributed by atoms with van der Waals surface area (Å²) in [4.78, 5) is 15.8. The first-order chi connectivity index (χ1) is 9.29. The molecule has 5 heteroatoms. The van der Waals surface area contributed by atoms with Crippen LogP contribution in [0, 0.1) is 5.92 Å². The largest absolute Gasteiger partial charge is 0.385 e. The fourth-order valence-electron chi connectivity index (χ4n) is 2.26. The van der Waals surface area contributed by atoms with Gasteiger partial charge in [-0.05, 0) is 50.9 Å². The quantitative estimate of drug-likeness (QED) is 0.747. The van der Waals surface area contributed by atoms with E-state index >= 15 is 0 Å². The Balaban J connectivity index is 1.89. The molecule has 3 N–H and O–H groups in total. The van der Waals surface area contributed by atoms with Gasteiger partial charge in [-0.15, -0.1) is 0 Å². The molecule has 0 bridgehead atoms. The highest BCUT2D eigenvalue weighted by molar-refractivity contribution is 5.93. The van der Waals surface area contributed by atoms with Gasteiger partial charge in [-0.25, -0.2) is 0 Å². The fourth-order valence-corrected chi connectivity index (χ4v) is 2.26. The molecule has 1 aliphatic heterocycles. The van der Waals surface area contributed by atoms with E-state index in [0.717, 1.165) is 25.3 Å². The van der Waals surface area contributed by atoms with Crippen molar-refractivity contribution >= 4 is 11.6 Å². The number of pyridine rings is 1. The zero-order chi connectivity index (χ0) is 13.5. The van der Waals surface area contributed by atoms with E-state index in [1.54, 1.807) is 6.20 Å². The zero-order valence-electron chi connectivity index (χ0n) is 11.4. The number of rotatable bonds is 5. The lowest BCUT2D eigenvalue weighted by Gasteiger charge is -2.23. The van der Waals surface area contributed by atoms with Crippen LogP contribution in [0.25, 0.3) is 0 Å². The third-order valence-corrected chi connectivity index (χ3v) is 3.38. The Hall–Kier alpha value is -1.62. The summed E-state index contributed by atoms with van der Waals surface area (Å²) in [5, 5.41) is 9.52. The molecule has 1 aromatic heterocycles. The molecule has 1 amide bonds. The Morgan fingerprint density at radius 2 is 2.26 bits per heavy atom. The van der Waals surface area contributed by atoms with Crippen molar-refractivity contribution < 1.29 is 4.79 Å². The molecule has 1 fully saturated rings. The monoisotopic (exact) mass is 262 g/mol. The minimum Gasteiger partial charge on any atom is -0.385 e. The van der Waals surface area contributed by atoms with Gasteiger partial charge in [0.05, 0.1) is 0 Å². The lowest BCUT2D eigenvalue weighted by Crippen LogP contribution is -2.31. The van der Waals surface area contributed by atoms with Crippen LogP contribution in [0.5, 0.6) is 0 Å². The smallest absolute Gasteiger partial charge is 0.269 e. The second-order valence-corrected chi connectivity index (χ2v) is 4.86. The van der Waals surface area contributed by atoms with E-state index in [0.29, 0.717) is 18.2 Å². The molecule has 2 rings (SSSR count). The van der Waals surface area contributed by atoms with Gasteiger partial charge >= 0.3 is 0 Å². The lowest BCUT2D eigenvalue weighted by molar-refractivity contribution is 0.0951. The van der Waals surface area contributed by atoms with Crippen molar-refractivity contribution in [2.24, 2.45) is 5.92 Å². The van der Waals surface area contributed by atoms with E-state index < -0.39 is 0 Å². The molecular formula is C14H22N4O. The first-order valence-corrected chi connectivity index (χ1v) is 6.98. The topological polar surface area (TPSA) is 66.1 Å². The van der Waals surface area contributed by atoms with Crippen molar-refractivity contribution in [1.29, 1.82) is 0 Å². The van der Waals surface area contributed by atoms with Crippen molar-refractivity contribution in [1.82, 2.24) is 15.6 Å². The average Bonchev–Trinajstić information content (AvgIpc) is 2.47. The number of nitrogens with one attached hydrogen (secondary N) is 3. The Labute approximate surface area is 114 Å².